The number of pyridine rings is 1. The Labute approximate surface area is 147 Å². The number of aromatic nitrogens is 1. The lowest BCUT2D eigenvalue weighted by Gasteiger charge is -2.09. The van der Waals surface area contributed by atoms with Crippen molar-refractivity contribution < 1.29 is 23.6 Å². The van der Waals surface area contributed by atoms with Crippen LogP contribution in [0.2, 0.25) is 0 Å². The molecule has 0 saturated carbocycles. The minimum atomic E-state index is -0.805. The van der Waals surface area contributed by atoms with Gasteiger partial charge >= 0.3 is 11.7 Å². The second-order valence-corrected chi connectivity index (χ2v) is 5.45. The van der Waals surface area contributed by atoms with E-state index >= 15 is 0 Å². The number of aryl methyl sites for hydroxylation is 1. The minimum absolute atomic E-state index is 0.137. The third kappa shape index (κ3) is 3.30. The number of rotatable bonds is 4. The number of ether oxygens (including phenoxy) is 2. The summed E-state index contributed by atoms with van der Waals surface area (Å²) in [5, 5.41) is 11.6. The van der Waals surface area contributed by atoms with Crippen LogP contribution in [0.5, 0.6) is 11.5 Å². The van der Waals surface area contributed by atoms with Crippen LogP contribution in [0.25, 0.3) is 10.9 Å². The molecule has 26 heavy (non-hydrogen) atoms. The van der Waals surface area contributed by atoms with Gasteiger partial charge in [0.25, 0.3) is 0 Å². The van der Waals surface area contributed by atoms with Crippen LogP contribution < -0.4 is 9.47 Å². The molecular formula is C18H13FN2O5. The predicted molar refractivity (Wildman–Crippen MR) is 91.0 cm³/mol. The highest BCUT2D eigenvalue weighted by molar-refractivity contribution is 6.04. The summed E-state index contributed by atoms with van der Waals surface area (Å²) < 4.78 is 23.6. The highest BCUT2D eigenvalue weighted by Gasteiger charge is 2.22. The van der Waals surface area contributed by atoms with Crippen molar-refractivity contribution in [3.05, 3.63) is 69.7 Å². The summed E-state index contributed by atoms with van der Waals surface area (Å²) in [4.78, 5) is 27.3. The first-order valence-corrected chi connectivity index (χ1v) is 7.50. The molecule has 3 aromatic rings. The van der Waals surface area contributed by atoms with E-state index in [0.717, 1.165) is 6.07 Å². The van der Waals surface area contributed by atoms with Crippen molar-refractivity contribution in [2.45, 2.75) is 6.92 Å². The van der Waals surface area contributed by atoms with E-state index in [4.69, 9.17) is 9.47 Å². The molecule has 0 bridgehead atoms. The second-order valence-electron chi connectivity index (χ2n) is 5.45. The van der Waals surface area contributed by atoms with Gasteiger partial charge in [-0.1, -0.05) is 0 Å². The zero-order valence-electron chi connectivity index (χ0n) is 13.9. The molecule has 0 aliphatic carbocycles. The summed E-state index contributed by atoms with van der Waals surface area (Å²) in [5.74, 6) is -1.25. The fourth-order valence-corrected chi connectivity index (χ4v) is 2.51. The summed E-state index contributed by atoms with van der Waals surface area (Å²) in [6, 6.07) is 9.19. The molecule has 3 rings (SSSR count). The molecule has 0 N–H and O–H groups in total. The number of benzene rings is 2. The van der Waals surface area contributed by atoms with E-state index in [1.807, 2.05) is 0 Å². The first-order chi connectivity index (χ1) is 12.4. The molecule has 7 nitrogen and oxygen atoms in total. The maximum Gasteiger partial charge on any atom is 0.344 e. The number of hydrogen-bond acceptors (Lipinski definition) is 6. The van der Waals surface area contributed by atoms with Crippen molar-refractivity contribution in [1.29, 1.82) is 0 Å². The fourth-order valence-electron chi connectivity index (χ4n) is 2.51. The monoisotopic (exact) mass is 356 g/mol. The Hall–Kier alpha value is -3.55. The van der Waals surface area contributed by atoms with Crippen LogP contribution in [-0.2, 0) is 0 Å². The lowest BCUT2D eigenvalue weighted by molar-refractivity contribution is -0.385. The third-order valence-corrected chi connectivity index (χ3v) is 3.69. The van der Waals surface area contributed by atoms with Gasteiger partial charge in [0.15, 0.2) is 0 Å². The standard InChI is InChI=1S/C18H13FN2O5/c1-10-7-14(13-5-3-11(19)8-15(13)20-10)18(22)26-17-6-4-12(25-2)9-16(17)21(23)24/h3-9H,1-2H3. The van der Waals surface area contributed by atoms with Crippen LogP contribution in [0.3, 0.4) is 0 Å². The number of hydrogen-bond donors (Lipinski definition) is 0. The number of methoxy groups -OCH3 is 1. The SMILES string of the molecule is COc1ccc(OC(=O)c2cc(C)nc3cc(F)ccc23)c([N+](=O)[O-])c1. The van der Waals surface area contributed by atoms with Crippen LogP contribution in [0.15, 0.2) is 42.5 Å². The average molecular weight is 356 g/mol. The Morgan fingerprint density at radius 3 is 2.65 bits per heavy atom. The van der Waals surface area contributed by atoms with Crippen molar-refractivity contribution in [3.63, 3.8) is 0 Å². The molecule has 0 radical (unpaired) electrons. The number of fused-ring (bicyclic) bond motifs is 1. The number of esters is 1. The molecular weight excluding hydrogens is 343 g/mol. The molecule has 8 heteroatoms. The Balaban J connectivity index is 2.04. The molecule has 0 atom stereocenters. The van der Waals surface area contributed by atoms with Crippen LogP contribution in [0, 0.1) is 22.9 Å². The molecule has 0 spiro atoms. The Kier molecular flexibility index (Phi) is 4.49. The maximum absolute atomic E-state index is 13.4. The van der Waals surface area contributed by atoms with E-state index in [1.54, 1.807) is 6.92 Å². The minimum Gasteiger partial charge on any atom is -0.496 e. The maximum atomic E-state index is 13.4. The lowest BCUT2D eigenvalue weighted by atomic mass is 10.1. The van der Waals surface area contributed by atoms with Gasteiger partial charge in [-0.05, 0) is 37.3 Å². The number of nitro benzene ring substituents is 1. The van der Waals surface area contributed by atoms with E-state index in [2.05, 4.69) is 4.98 Å². The summed E-state index contributed by atoms with van der Waals surface area (Å²) in [7, 11) is 1.37. The van der Waals surface area contributed by atoms with Gasteiger partial charge in [0.05, 0.1) is 29.2 Å². The Morgan fingerprint density at radius 1 is 1.19 bits per heavy atom. The molecule has 2 aromatic carbocycles. The molecule has 0 amide bonds. The molecule has 0 saturated heterocycles. The van der Waals surface area contributed by atoms with Crippen LogP contribution in [0.1, 0.15) is 16.1 Å². The summed E-state index contributed by atoms with van der Waals surface area (Å²) >= 11 is 0. The van der Waals surface area contributed by atoms with E-state index in [9.17, 15) is 19.3 Å². The topological polar surface area (TPSA) is 91.6 Å². The van der Waals surface area contributed by atoms with Crippen molar-refractivity contribution in [1.82, 2.24) is 4.98 Å². The van der Waals surface area contributed by atoms with E-state index in [1.165, 1.54) is 43.5 Å². The van der Waals surface area contributed by atoms with E-state index in [-0.39, 0.29) is 17.1 Å². The largest absolute Gasteiger partial charge is 0.496 e. The number of carbonyl (C=O) groups excluding carboxylic acids is 1. The quantitative estimate of drug-likeness (QED) is 0.305. The van der Waals surface area contributed by atoms with Gasteiger partial charge in [0.2, 0.25) is 5.75 Å². The number of carbonyl (C=O) groups is 1. The van der Waals surface area contributed by atoms with Crippen LogP contribution in [0.4, 0.5) is 10.1 Å². The highest BCUT2D eigenvalue weighted by Crippen LogP contribution is 2.32. The number of nitrogens with zero attached hydrogens (tertiary/aromatic N) is 2. The highest BCUT2D eigenvalue weighted by atomic mass is 19.1. The predicted octanol–water partition coefficient (Wildman–Crippen LogP) is 3.82. The molecule has 0 aliphatic heterocycles. The van der Waals surface area contributed by atoms with Gasteiger partial charge in [-0.2, -0.15) is 0 Å². The average Bonchev–Trinajstić information content (AvgIpc) is 2.60. The molecule has 1 heterocycles. The first kappa shape index (κ1) is 17.3. The summed E-state index contributed by atoms with van der Waals surface area (Å²) in [5.41, 5.74) is 0.511. The summed E-state index contributed by atoms with van der Waals surface area (Å²) in [6.07, 6.45) is 0. The number of nitro groups is 1. The Morgan fingerprint density at radius 2 is 1.96 bits per heavy atom. The third-order valence-electron chi connectivity index (χ3n) is 3.69. The van der Waals surface area contributed by atoms with Crippen molar-refractivity contribution >= 4 is 22.6 Å². The lowest BCUT2D eigenvalue weighted by Crippen LogP contribution is -2.11. The molecule has 0 aliphatic rings. The first-order valence-electron chi connectivity index (χ1n) is 7.50. The summed E-state index contributed by atoms with van der Waals surface area (Å²) in [6.45, 7) is 1.65. The smallest absolute Gasteiger partial charge is 0.344 e. The van der Waals surface area contributed by atoms with Gasteiger partial charge < -0.3 is 9.47 Å². The van der Waals surface area contributed by atoms with Gasteiger partial charge in [-0.3, -0.25) is 15.1 Å². The van der Waals surface area contributed by atoms with Gasteiger partial charge in [0.1, 0.15) is 11.6 Å². The van der Waals surface area contributed by atoms with Crippen molar-refractivity contribution in [2.75, 3.05) is 7.11 Å². The number of halogens is 1. The van der Waals surface area contributed by atoms with Gasteiger partial charge in [-0.25, -0.2) is 9.18 Å². The molecule has 0 fully saturated rings. The second kappa shape index (κ2) is 6.75. The van der Waals surface area contributed by atoms with Crippen molar-refractivity contribution in [3.8, 4) is 11.5 Å². The van der Waals surface area contributed by atoms with E-state index in [0.29, 0.717) is 16.6 Å². The molecule has 1 aromatic heterocycles. The fraction of sp³-hybridized carbons (Fsp3) is 0.111. The van der Waals surface area contributed by atoms with Crippen molar-refractivity contribution in [2.24, 2.45) is 0 Å². The molecule has 132 valence electrons. The zero-order chi connectivity index (χ0) is 18.8. The van der Waals surface area contributed by atoms with Crippen LogP contribution >= 0.6 is 0 Å². The van der Waals surface area contributed by atoms with E-state index < -0.39 is 22.4 Å². The zero-order valence-corrected chi connectivity index (χ0v) is 13.9. The van der Waals surface area contributed by atoms with Gasteiger partial charge in [0, 0.05) is 17.1 Å². The normalized spacial score (nSPS) is 10.6. The Bertz CT molecular complexity index is 1030. The van der Waals surface area contributed by atoms with Gasteiger partial charge in [-0.15, -0.1) is 0 Å². The van der Waals surface area contributed by atoms with Crippen LogP contribution in [-0.4, -0.2) is 23.0 Å². The molecule has 0 unspecified atom stereocenters.